The number of unbranched alkanes of at least 4 members (excludes halogenated alkanes) is 6. The fourth-order valence-corrected chi connectivity index (χ4v) is 2.59. The van der Waals surface area contributed by atoms with E-state index >= 15 is 0 Å². The summed E-state index contributed by atoms with van der Waals surface area (Å²) in [5, 5.41) is 2.99. The number of hydrogen-bond acceptors (Lipinski definition) is 1. The van der Waals surface area contributed by atoms with Gasteiger partial charge in [0.25, 0.3) is 0 Å². The largest absolute Gasteiger partial charge is 0.355 e. The van der Waals surface area contributed by atoms with Gasteiger partial charge in [-0.05, 0) is 12.8 Å². The zero-order valence-corrected chi connectivity index (χ0v) is 13.7. The molecule has 1 unspecified atom stereocenters. The summed E-state index contributed by atoms with van der Waals surface area (Å²) in [4.78, 5) is 12.0. The lowest BCUT2D eigenvalue weighted by Gasteiger charge is -2.09. The quantitative estimate of drug-likeness (QED) is 0.406. The summed E-state index contributed by atoms with van der Waals surface area (Å²) in [6.07, 6.45) is 11.8. The standard InChI is InChI=1S/C15H30BrNO/c1-3-5-6-7-8-9-10-12-15(18)17-13-14(16)11-4-2/h14H,3-13H2,1-2H3,(H,17,18). The lowest BCUT2D eigenvalue weighted by molar-refractivity contribution is -0.121. The highest BCUT2D eigenvalue weighted by Gasteiger charge is 2.05. The Morgan fingerprint density at radius 2 is 1.61 bits per heavy atom. The molecule has 0 heterocycles. The van der Waals surface area contributed by atoms with Gasteiger partial charge in [-0.2, -0.15) is 0 Å². The highest BCUT2D eigenvalue weighted by Crippen LogP contribution is 2.09. The number of carbonyl (C=O) groups is 1. The van der Waals surface area contributed by atoms with Crippen LogP contribution in [0.15, 0.2) is 0 Å². The number of alkyl halides is 1. The van der Waals surface area contributed by atoms with Crippen molar-refractivity contribution < 1.29 is 4.79 Å². The van der Waals surface area contributed by atoms with Crippen LogP contribution in [0, 0.1) is 0 Å². The average molecular weight is 320 g/mol. The Balaban J connectivity index is 3.26. The molecule has 0 fully saturated rings. The minimum absolute atomic E-state index is 0.212. The molecule has 0 aromatic heterocycles. The number of amides is 1. The summed E-state index contributed by atoms with van der Waals surface area (Å²) < 4.78 is 0. The third kappa shape index (κ3) is 12.4. The third-order valence-corrected chi connectivity index (χ3v) is 3.91. The van der Waals surface area contributed by atoms with Crippen molar-refractivity contribution in [2.24, 2.45) is 0 Å². The van der Waals surface area contributed by atoms with Gasteiger partial charge in [0.1, 0.15) is 0 Å². The van der Waals surface area contributed by atoms with E-state index < -0.39 is 0 Å². The van der Waals surface area contributed by atoms with E-state index in [0.29, 0.717) is 11.2 Å². The van der Waals surface area contributed by atoms with Crippen molar-refractivity contribution in [2.75, 3.05) is 6.54 Å². The fourth-order valence-electron chi connectivity index (χ4n) is 1.97. The molecule has 108 valence electrons. The molecular formula is C15H30BrNO. The van der Waals surface area contributed by atoms with Crippen molar-refractivity contribution in [1.29, 1.82) is 0 Å². The SMILES string of the molecule is CCCCCCCCCC(=O)NCC(Br)CCC. The molecule has 0 saturated heterocycles. The Kier molecular flexibility index (Phi) is 13.3. The summed E-state index contributed by atoms with van der Waals surface area (Å²) in [6, 6.07) is 0. The van der Waals surface area contributed by atoms with Crippen LogP contribution in [0.5, 0.6) is 0 Å². The van der Waals surface area contributed by atoms with Crippen LogP contribution in [-0.4, -0.2) is 17.3 Å². The van der Waals surface area contributed by atoms with E-state index in [-0.39, 0.29) is 5.91 Å². The lowest BCUT2D eigenvalue weighted by Crippen LogP contribution is -2.29. The maximum Gasteiger partial charge on any atom is 0.220 e. The van der Waals surface area contributed by atoms with E-state index in [0.717, 1.165) is 25.8 Å². The lowest BCUT2D eigenvalue weighted by atomic mass is 10.1. The summed E-state index contributed by atoms with van der Waals surface area (Å²) in [5.41, 5.74) is 0. The average Bonchev–Trinajstić information content (AvgIpc) is 2.35. The molecule has 0 bridgehead atoms. The second kappa shape index (κ2) is 13.4. The molecule has 0 aliphatic heterocycles. The molecule has 0 saturated carbocycles. The molecule has 0 aromatic rings. The predicted octanol–water partition coefficient (Wildman–Crippen LogP) is 4.81. The highest BCUT2D eigenvalue weighted by molar-refractivity contribution is 9.09. The van der Waals surface area contributed by atoms with E-state index in [9.17, 15) is 4.79 Å². The first-order valence-electron chi connectivity index (χ1n) is 7.61. The van der Waals surface area contributed by atoms with Gasteiger partial charge in [0.05, 0.1) is 0 Å². The first kappa shape index (κ1) is 17.9. The number of rotatable bonds is 12. The molecule has 0 spiro atoms. The van der Waals surface area contributed by atoms with E-state index in [1.54, 1.807) is 0 Å². The number of carbonyl (C=O) groups excluding carboxylic acids is 1. The molecule has 0 rings (SSSR count). The van der Waals surface area contributed by atoms with Crippen LogP contribution in [0.1, 0.15) is 78.1 Å². The Labute approximate surface area is 121 Å². The zero-order valence-electron chi connectivity index (χ0n) is 12.1. The normalized spacial score (nSPS) is 12.4. The molecule has 2 nitrogen and oxygen atoms in total. The van der Waals surface area contributed by atoms with Gasteiger partial charge < -0.3 is 5.32 Å². The predicted molar refractivity (Wildman–Crippen MR) is 83.2 cm³/mol. The Morgan fingerprint density at radius 3 is 2.22 bits per heavy atom. The maximum absolute atomic E-state index is 11.6. The number of nitrogens with one attached hydrogen (secondary N) is 1. The van der Waals surface area contributed by atoms with Crippen LogP contribution in [0.3, 0.4) is 0 Å². The van der Waals surface area contributed by atoms with Gasteiger partial charge in [-0.3, -0.25) is 4.79 Å². The summed E-state index contributed by atoms with van der Waals surface area (Å²) >= 11 is 3.57. The van der Waals surface area contributed by atoms with Gasteiger partial charge in [-0.25, -0.2) is 0 Å². The molecule has 1 N–H and O–H groups in total. The molecule has 1 atom stereocenters. The Morgan fingerprint density at radius 1 is 1.00 bits per heavy atom. The van der Waals surface area contributed by atoms with Gasteiger partial charge in [0, 0.05) is 17.8 Å². The zero-order chi connectivity index (χ0) is 13.6. The highest BCUT2D eigenvalue weighted by atomic mass is 79.9. The number of hydrogen-bond donors (Lipinski definition) is 1. The molecule has 3 heteroatoms. The summed E-state index contributed by atoms with van der Waals surface area (Å²) in [7, 11) is 0. The molecule has 0 aromatic carbocycles. The van der Waals surface area contributed by atoms with Gasteiger partial charge in [0.15, 0.2) is 0 Å². The van der Waals surface area contributed by atoms with Crippen LogP contribution in [0.4, 0.5) is 0 Å². The van der Waals surface area contributed by atoms with E-state index in [4.69, 9.17) is 0 Å². The topological polar surface area (TPSA) is 29.1 Å². The van der Waals surface area contributed by atoms with Crippen LogP contribution < -0.4 is 5.32 Å². The minimum Gasteiger partial charge on any atom is -0.355 e. The maximum atomic E-state index is 11.6. The van der Waals surface area contributed by atoms with Crippen molar-refractivity contribution in [3.63, 3.8) is 0 Å². The molecule has 0 aliphatic carbocycles. The Hall–Kier alpha value is -0.0500. The van der Waals surface area contributed by atoms with Crippen LogP contribution in [-0.2, 0) is 4.79 Å². The first-order chi connectivity index (χ1) is 8.70. The molecule has 0 aliphatic rings. The summed E-state index contributed by atoms with van der Waals surface area (Å²) in [6.45, 7) is 5.16. The molecule has 0 radical (unpaired) electrons. The number of halogens is 1. The van der Waals surface area contributed by atoms with Crippen molar-refractivity contribution in [3.8, 4) is 0 Å². The van der Waals surface area contributed by atoms with Crippen molar-refractivity contribution in [1.82, 2.24) is 5.32 Å². The third-order valence-electron chi connectivity index (χ3n) is 3.13. The van der Waals surface area contributed by atoms with Crippen molar-refractivity contribution >= 4 is 21.8 Å². The Bertz CT molecular complexity index is 197. The molecule has 1 amide bonds. The minimum atomic E-state index is 0.212. The molecular weight excluding hydrogens is 290 g/mol. The van der Waals surface area contributed by atoms with Crippen LogP contribution in [0.2, 0.25) is 0 Å². The second-order valence-electron chi connectivity index (χ2n) is 5.06. The van der Waals surface area contributed by atoms with Gasteiger partial charge in [-0.1, -0.05) is 74.7 Å². The first-order valence-corrected chi connectivity index (χ1v) is 8.53. The van der Waals surface area contributed by atoms with Gasteiger partial charge in [0.2, 0.25) is 5.91 Å². The molecule has 18 heavy (non-hydrogen) atoms. The summed E-state index contributed by atoms with van der Waals surface area (Å²) in [5.74, 6) is 0.212. The van der Waals surface area contributed by atoms with Crippen molar-refractivity contribution in [2.45, 2.75) is 82.9 Å². The van der Waals surface area contributed by atoms with E-state index in [2.05, 4.69) is 35.1 Å². The van der Waals surface area contributed by atoms with E-state index in [1.165, 1.54) is 38.5 Å². The fraction of sp³-hybridized carbons (Fsp3) is 0.933. The van der Waals surface area contributed by atoms with Gasteiger partial charge in [-0.15, -0.1) is 0 Å². The second-order valence-corrected chi connectivity index (χ2v) is 6.36. The van der Waals surface area contributed by atoms with Crippen LogP contribution >= 0.6 is 15.9 Å². The van der Waals surface area contributed by atoms with Gasteiger partial charge >= 0.3 is 0 Å². The van der Waals surface area contributed by atoms with Crippen LogP contribution in [0.25, 0.3) is 0 Å². The smallest absolute Gasteiger partial charge is 0.220 e. The monoisotopic (exact) mass is 319 g/mol. The van der Waals surface area contributed by atoms with E-state index in [1.807, 2.05) is 0 Å². The van der Waals surface area contributed by atoms with Crippen molar-refractivity contribution in [3.05, 3.63) is 0 Å².